The van der Waals surface area contributed by atoms with Gasteiger partial charge in [-0.1, -0.05) is 0 Å². The Hall–Kier alpha value is 0.389. The van der Waals surface area contributed by atoms with E-state index in [9.17, 15) is 0 Å². The molecule has 1 aromatic rings. The molecule has 1 aromatic heterocycles. The molecule has 2 nitrogen and oxygen atoms in total. The van der Waals surface area contributed by atoms with Crippen molar-refractivity contribution >= 4 is 30.9 Å². The molecule has 78 valence electrons. The molecule has 14 heavy (non-hydrogen) atoms. The first-order valence-corrected chi connectivity index (χ1v) is 12.9. The summed E-state index contributed by atoms with van der Waals surface area (Å²) in [5.41, 5.74) is 5.88. The molecule has 0 aliphatic heterocycles. The van der Waals surface area contributed by atoms with E-state index < -0.39 is 18.4 Å². The van der Waals surface area contributed by atoms with Gasteiger partial charge in [-0.3, -0.25) is 0 Å². The van der Waals surface area contributed by atoms with E-state index in [4.69, 9.17) is 10.2 Å². The number of nitrogens with two attached hydrogens (primary N) is 1. The summed E-state index contributed by atoms with van der Waals surface area (Å²) < 4.78 is 8.25. The van der Waals surface area contributed by atoms with Gasteiger partial charge in [0.2, 0.25) is 0 Å². The topological polar surface area (TPSA) is 39.2 Å². The van der Waals surface area contributed by atoms with Gasteiger partial charge in [-0.25, -0.2) is 0 Å². The molecule has 1 unspecified atom stereocenters. The Morgan fingerprint density at radius 2 is 2.29 bits per heavy atom. The molecule has 0 radical (unpaired) electrons. The van der Waals surface area contributed by atoms with Crippen LogP contribution in [0.3, 0.4) is 0 Å². The van der Waals surface area contributed by atoms with Gasteiger partial charge in [0.15, 0.2) is 0 Å². The van der Waals surface area contributed by atoms with Crippen molar-refractivity contribution in [2.24, 2.45) is 5.73 Å². The van der Waals surface area contributed by atoms with Gasteiger partial charge in [0, 0.05) is 0 Å². The second-order valence-electron chi connectivity index (χ2n) is 3.20. The zero-order valence-electron chi connectivity index (χ0n) is 9.04. The minimum atomic E-state index is -1.46. The van der Waals surface area contributed by atoms with Gasteiger partial charge in [-0.15, -0.1) is 0 Å². The van der Waals surface area contributed by atoms with Crippen LogP contribution in [-0.2, 0) is 0 Å². The molecular weight excluding hydrogens is 301 g/mol. The average molecular weight is 319 g/mol. The van der Waals surface area contributed by atoms with Crippen molar-refractivity contribution in [2.45, 2.75) is 31.2 Å². The fourth-order valence-electron chi connectivity index (χ4n) is 1.45. The minimum absolute atomic E-state index is 0.0413. The summed E-state index contributed by atoms with van der Waals surface area (Å²) in [6, 6.07) is 2.18. The third kappa shape index (κ3) is 2.94. The van der Waals surface area contributed by atoms with E-state index in [-0.39, 0.29) is 6.04 Å². The van der Waals surface area contributed by atoms with Crippen LogP contribution in [0.2, 0.25) is 4.44 Å². The molecule has 2 N–H and O–H groups in total. The van der Waals surface area contributed by atoms with Crippen molar-refractivity contribution in [1.82, 2.24) is 0 Å². The van der Waals surface area contributed by atoms with Crippen LogP contribution in [0.1, 0.15) is 32.6 Å². The van der Waals surface area contributed by atoms with E-state index >= 15 is 0 Å². The normalized spacial score (nSPS) is 12.9. The van der Waals surface area contributed by atoms with Crippen molar-refractivity contribution in [1.29, 1.82) is 0 Å². The van der Waals surface area contributed by atoms with E-state index in [1.807, 2.05) is 6.92 Å². The molecule has 1 atom stereocenters. The standard InChI is InChI=1S/C6H8NO.C2H6S.C2H5.Sn/c1-5(7)6-3-2-4-8-6;1-2-3;1-2;/h2,4-5H,7H2,1H3;3H,2H2,1H3;1H2,2H3;/q;;;+2/p-1. The molecule has 1 rings (SSSR count). The van der Waals surface area contributed by atoms with Crippen LogP contribution in [0.4, 0.5) is 0 Å². The van der Waals surface area contributed by atoms with Gasteiger partial charge in [0.05, 0.1) is 0 Å². The van der Waals surface area contributed by atoms with Gasteiger partial charge in [0.1, 0.15) is 0 Å². The molecule has 0 aliphatic carbocycles. The Labute approximate surface area is 95.8 Å². The summed E-state index contributed by atoms with van der Waals surface area (Å²) in [6.07, 6.45) is 1.79. The molecule has 0 saturated carbocycles. The first-order valence-electron chi connectivity index (χ1n) is 5.02. The predicted octanol–water partition coefficient (Wildman–Crippen LogP) is 2.27. The first kappa shape index (κ1) is 12.5. The van der Waals surface area contributed by atoms with Gasteiger partial charge in [-0.05, 0) is 0 Å². The average Bonchev–Trinajstić information content (AvgIpc) is 2.62. The fourth-order valence-corrected chi connectivity index (χ4v) is 12.8. The van der Waals surface area contributed by atoms with E-state index in [0.717, 1.165) is 5.76 Å². The molecular formula is C10H18NOSSn+. The molecule has 0 saturated heterocycles. The van der Waals surface area contributed by atoms with Crippen molar-refractivity contribution < 1.29 is 4.42 Å². The van der Waals surface area contributed by atoms with Crippen LogP contribution in [0, 0.1) is 0 Å². The summed E-state index contributed by atoms with van der Waals surface area (Å²) in [6.45, 7) is 6.51. The third-order valence-electron chi connectivity index (χ3n) is 2.05. The van der Waals surface area contributed by atoms with Gasteiger partial charge >= 0.3 is 96.1 Å². The SMILES string of the molecule is CC[S][Sn+]([CH2]C)[c]1ccoc1C(C)N. The summed E-state index contributed by atoms with van der Waals surface area (Å²) in [5.74, 6) is 2.24. The third-order valence-corrected chi connectivity index (χ3v) is 16.3. The van der Waals surface area contributed by atoms with Crippen molar-refractivity contribution in [2.75, 3.05) is 5.75 Å². The summed E-state index contributed by atoms with van der Waals surface area (Å²) >= 11 is -1.46. The van der Waals surface area contributed by atoms with Crippen LogP contribution in [0.5, 0.6) is 0 Å². The Balaban J connectivity index is 2.86. The van der Waals surface area contributed by atoms with E-state index in [1.54, 1.807) is 6.26 Å². The number of hydrogen-bond donors (Lipinski definition) is 1. The van der Waals surface area contributed by atoms with E-state index in [0.29, 0.717) is 0 Å². The maximum absolute atomic E-state index is 5.88. The summed E-state index contributed by atoms with van der Waals surface area (Å²) in [4.78, 5) is 0. The zero-order chi connectivity index (χ0) is 10.6. The Bertz CT molecular complexity index is 275. The Morgan fingerprint density at radius 3 is 2.79 bits per heavy atom. The second kappa shape index (κ2) is 6.08. The molecule has 0 aromatic carbocycles. The van der Waals surface area contributed by atoms with Crippen LogP contribution in [0.15, 0.2) is 16.7 Å². The van der Waals surface area contributed by atoms with Crippen LogP contribution < -0.4 is 9.31 Å². The molecule has 0 spiro atoms. The quantitative estimate of drug-likeness (QED) is 0.847. The first-order chi connectivity index (χ1) is 6.70. The summed E-state index contributed by atoms with van der Waals surface area (Å²) in [5, 5.41) is 0. The zero-order valence-corrected chi connectivity index (χ0v) is 12.7. The van der Waals surface area contributed by atoms with Crippen molar-refractivity contribution in [3.05, 3.63) is 18.1 Å². The van der Waals surface area contributed by atoms with Crippen LogP contribution >= 0.6 is 8.95 Å². The van der Waals surface area contributed by atoms with Crippen molar-refractivity contribution in [3.63, 3.8) is 0 Å². The predicted molar refractivity (Wildman–Crippen MR) is 65.3 cm³/mol. The molecule has 0 amide bonds. The van der Waals surface area contributed by atoms with Crippen molar-refractivity contribution in [3.8, 4) is 0 Å². The molecule has 4 heteroatoms. The Kier molecular flexibility index (Phi) is 5.41. The number of furan rings is 1. The van der Waals surface area contributed by atoms with Gasteiger partial charge in [-0.2, -0.15) is 0 Å². The van der Waals surface area contributed by atoms with E-state index in [2.05, 4.69) is 28.9 Å². The molecule has 0 aliphatic rings. The fraction of sp³-hybridized carbons (Fsp3) is 0.600. The van der Waals surface area contributed by atoms with Gasteiger partial charge in [0.25, 0.3) is 0 Å². The van der Waals surface area contributed by atoms with Gasteiger partial charge < -0.3 is 0 Å². The molecule has 1 heterocycles. The maximum atomic E-state index is 5.88. The summed E-state index contributed by atoms with van der Waals surface area (Å²) in [7, 11) is 2.15. The van der Waals surface area contributed by atoms with Crippen LogP contribution in [-0.4, -0.2) is 24.1 Å². The Morgan fingerprint density at radius 1 is 1.57 bits per heavy atom. The number of hydrogen-bond acceptors (Lipinski definition) is 3. The monoisotopic (exact) mass is 320 g/mol. The van der Waals surface area contributed by atoms with Crippen LogP contribution in [0.25, 0.3) is 0 Å². The molecule has 0 bridgehead atoms. The molecule has 0 fully saturated rings. The second-order valence-corrected chi connectivity index (χ2v) is 15.8. The number of rotatable bonds is 5. The van der Waals surface area contributed by atoms with E-state index in [1.165, 1.54) is 13.8 Å².